The molecule has 0 aliphatic rings. The molecule has 15 heavy (non-hydrogen) atoms. The summed E-state index contributed by atoms with van der Waals surface area (Å²) in [5, 5.41) is 0. The summed E-state index contributed by atoms with van der Waals surface area (Å²) < 4.78 is 49.0. The van der Waals surface area contributed by atoms with Crippen LogP contribution in [0, 0.1) is 12.7 Å². The Bertz CT molecular complexity index is 346. The number of hydrogen-bond donors (Lipinski definition) is 1. The highest BCUT2D eigenvalue weighted by Crippen LogP contribution is 2.29. The first-order valence-corrected chi connectivity index (χ1v) is 4.38. The van der Waals surface area contributed by atoms with E-state index in [4.69, 9.17) is 5.73 Å². The molecule has 0 aromatic heterocycles. The standard InChI is InChI=1S/C10H11F4N/c1-6-2-3-7(11)4-8(6)9(15)5-10(12,13)14/h2-4,9H,5,15H2,1H3/t9-/m0/s1. The summed E-state index contributed by atoms with van der Waals surface area (Å²) >= 11 is 0. The van der Waals surface area contributed by atoms with Crippen LogP contribution in [0.3, 0.4) is 0 Å². The van der Waals surface area contributed by atoms with Crippen molar-refractivity contribution in [3.05, 3.63) is 35.1 Å². The predicted octanol–water partition coefficient (Wildman–Crippen LogP) is 3.09. The molecular formula is C10H11F4N. The van der Waals surface area contributed by atoms with Crippen LogP contribution in [0.25, 0.3) is 0 Å². The number of benzene rings is 1. The second kappa shape index (κ2) is 4.18. The SMILES string of the molecule is Cc1ccc(F)cc1[C@@H](N)CC(F)(F)F. The zero-order valence-electron chi connectivity index (χ0n) is 8.11. The van der Waals surface area contributed by atoms with Gasteiger partial charge in [-0.2, -0.15) is 13.2 Å². The van der Waals surface area contributed by atoms with Gasteiger partial charge in [0.1, 0.15) is 5.82 Å². The molecule has 1 aromatic carbocycles. The fourth-order valence-corrected chi connectivity index (χ4v) is 1.37. The smallest absolute Gasteiger partial charge is 0.324 e. The number of hydrogen-bond acceptors (Lipinski definition) is 1. The molecule has 0 aliphatic heterocycles. The van der Waals surface area contributed by atoms with Crippen molar-refractivity contribution in [2.45, 2.75) is 25.6 Å². The minimum Gasteiger partial charge on any atom is -0.324 e. The van der Waals surface area contributed by atoms with Crippen LogP contribution in [0.1, 0.15) is 23.6 Å². The van der Waals surface area contributed by atoms with Gasteiger partial charge in [-0.25, -0.2) is 4.39 Å². The van der Waals surface area contributed by atoms with Crippen molar-refractivity contribution >= 4 is 0 Å². The molecule has 0 saturated heterocycles. The van der Waals surface area contributed by atoms with Gasteiger partial charge in [0.05, 0.1) is 6.42 Å². The first-order chi connectivity index (χ1) is 6.79. The molecule has 1 atom stereocenters. The second-order valence-corrected chi connectivity index (χ2v) is 3.43. The van der Waals surface area contributed by atoms with Gasteiger partial charge in [0.25, 0.3) is 0 Å². The van der Waals surface area contributed by atoms with Crippen molar-refractivity contribution in [2.75, 3.05) is 0 Å². The molecule has 5 heteroatoms. The first-order valence-electron chi connectivity index (χ1n) is 4.38. The van der Waals surface area contributed by atoms with Crippen LogP contribution in [0.5, 0.6) is 0 Å². The molecule has 0 aliphatic carbocycles. The average molecular weight is 221 g/mol. The molecule has 0 heterocycles. The number of nitrogens with two attached hydrogens (primary N) is 1. The molecule has 84 valence electrons. The van der Waals surface area contributed by atoms with E-state index in [-0.39, 0.29) is 5.56 Å². The Morgan fingerprint density at radius 2 is 1.93 bits per heavy atom. The molecule has 2 N–H and O–H groups in total. The van der Waals surface area contributed by atoms with Gasteiger partial charge in [0.15, 0.2) is 0 Å². The Balaban J connectivity index is 2.90. The molecule has 0 bridgehead atoms. The van der Waals surface area contributed by atoms with E-state index in [1.807, 2.05) is 0 Å². The molecule has 1 rings (SSSR count). The number of alkyl halides is 3. The lowest BCUT2D eigenvalue weighted by atomic mass is 9.99. The van der Waals surface area contributed by atoms with Crippen LogP contribution in [0.2, 0.25) is 0 Å². The van der Waals surface area contributed by atoms with E-state index in [0.29, 0.717) is 5.56 Å². The summed E-state index contributed by atoms with van der Waals surface area (Å²) in [7, 11) is 0. The van der Waals surface area contributed by atoms with Gasteiger partial charge >= 0.3 is 6.18 Å². The maximum Gasteiger partial charge on any atom is 0.390 e. The van der Waals surface area contributed by atoms with Crippen molar-refractivity contribution in [3.8, 4) is 0 Å². The maximum atomic E-state index is 12.8. The van der Waals surface area contributed by atoms with Crippen molar-refractivity contribution in [2.24, 2.45) is 5.73 Å². The van der Waals surface area contributed by atoms with Crippen LogP contribution in [-0.2, 0) is 0 Å². The fourth-order valence-electron chi connectivity index (χ4n) is 1.37. The fraction of sp³-hybridized carbons (Fsp3) is 0.400. The largest absolute Gasteiger partial charge is 0.390 e. The number of aryl methyl sites for hydroxylation is 1. The first kappa shape index (κ1) is 12.0. The Morgan fingerprint density at radius 1 is 1.33 bits per heavy atom. The van der Waals surface area contributed by atoms with E-state index in [0.717, 1.165) is 6.07 Å². The number of halogens is 4. The Hall–Kier alpha value is -1.10. The van der Waals surface area contributed by atoms with Crippen LogP contribution < -0.4 is 5.73 Å². The van der Waals surface area contributed by atoms with Gasteiger partial charge in [-0.1, -0.05) is 6.07 Å². The van der Waals surface area contributed by atoms with E-state index < -0.39 is 24.5 Å². The molecule has 0 fully saturated rings. The van der Waals surface area contributed by atoms with E-state index in [1.165, 1.54) is 12.1 Å². The molecule has 0 radical (unpaired) electrons. The third-order valence-electron chi connectivity index (χ3n) is 2.09. The topological polar surface area (TPSA) is 26.0 Å². The van der Waals surface area contributed by atoms with Crippen molar-refractivity contribution in [1.82, 2.24) is 0 Å². The van der Waals surface area contributed by atoms with Crippen LogP contribution in [-0.4, -0.2) is 6.18 Å². The second-order valence-electron chi connectivity index (χ2n) is 3.43. The molecular weight excluding hydrogens is 210 g/mol. The quantitative estimate of drug-likeness (QED) is 0.763. The van der Waals surface area contributed by atoms with E-state index in [2.05, 4.69) is 0 Å². The van der Waals surface area contributed by atoms with Crippen molar-refractivity contribution in [3.63, 3.8) is 0 Å². The van der Waals surface area contributed by atoms with Gasteiger partial charge in [-0.3, -0.25) is 0 Å². The normalized spacial score (nSPS) is 14.0. The van der Waals surface area contributed by atoms with Crippen LogP contribution in [0.15, 0.2) is 18.2 Å². The van der Waals surface area contributed by atoms with E-state index in [9.17, 15) is 17.6 Å². The lowest BCUT2D eigenvalue weighted by molar-refractivity contribution is -0.138. The van der Waals surface area contributed by atoms with E-state index in [1.54, 1.807) is 6.92 Å². The maximum absolute atomic E-state index is 12.8. The molecule has 0 spiro atoms. The van der Waals surface area contributed by atoms with Gasteiger partial charge in [0, 0.05) is 6.04 Å². The zero-order chi connectivity index (χ0) is 11.6. The average Bonchev–Trinajstić information content (AvgIpc) is 2.06. The van der Waals surface area contributed by atoms with Gasteiger partial charge in [-0.05, 0) is 30.2 Å². The zero-order valence-corrected chi connectivity index (χ0v) is 8.11. The van der Waals surface area contributed by atoms with Crippen LogP contribution >= 0.6 is 0 Å². The van der Waals surface area contributed by atoms with E-state index >= 15 is 0 Å². The molecule has 0 saturated carbocycles. The van der Waals surface area contributed by atoms with Crippen molar-refractivity contribution < 1.29 is 17.6 Å². The Kier molecular flexibility index (Phi) is 3.34. The third kappa shape index (κ3) is 3.51. The molecule has 0 amide bonds. The van der Waals surface area contributed by atoms with Gasteiger partial charge in [-0.15, -0.1) is 0 Å². The predicted molar refractivity (Wildman–Crippen MR) is 48.7 cm³/mol. The minimum atomic E-state index is -4.34. The summed E-state index contributed by atoms with van der Waals surface area (Å²) in [5.74, 6) is -0.576. The number of rotatable bonds is 2. The lowest BCUT2D eigenvalue weighted by Crippen LogP contribution is -2.21. The third-order valence-corrected chi connectivity index (χ3v) is 2.09. The summed E-state index contributed by atoms with van der Waals surface area (Å²) in [6.07, 6.45) is -5.48. The minimum absolute atomic E-state index is 0.201. The molecule has 1 aromatic rings. The summed E-state index contributed by atoms with van der Waals surface area (Å²) in [6.45, 7) is 1.60. The summed E-state index contributed by atoms with van der Waals surface area (Å²) in [4.78, 5) is 0. The highest BCUT2D eigenvalue weighted by Gasteiger charge is 2.31. The van der Waals surface area contributed by atoms with Gasteiger partial charge in [0.2, 0.25) is 0 Å². The monoisotopic (exact) mass is 221 g/mol. The summed E-state index contributed by atoms with van der Waals surface area (Å²) in [5.41, 5.74) is 6.13. The van der Waals surface area contributed by atoms with Gasteiger partial charge < -0.3 is 5.73 Å². The molecule has 1 nitrogen and oxygen atoms in total. The summed E-state index contributed by atoms with van der Waals surface area (Å²) in [6, 6.07) is 2.45. The lowest BCUT2D eigenvalue weighted by Gasteiger charge is -2.16. The molecule has 0 unspecified atom stereocenters. The Morgan fingerprint density at radius 3 is 2.47 bits per heavy atom. The van der Waals surface area contributed by atoms with Crippen molar-refractivity contribution in [1.29, 1.82) is 0 Å². The highest BCUT2D eigenvalue weighted by molar-refractivity contribution is 5.29. The highest BCUT2D eigenvalue weighted by atomic mass is 19.4. The van der Waals surface area contributed by atoms with Crippen LogP contribution in [0.4, 0.5) is 17.6 Å². The Labute approximate surface area is 84.9 Å².